The smallest absolute Gasteiger partial charge is 0.425 e. The first-order valence-corrected chi connectivity index (χ1v) is 12.8. The maximum absolute atomic E-state index is 13.3. The summed E-state index contributed by atoms with van der Waals surface area (Å²) in [5.41, 5.74) is 3.70. The van der Waals surface area contributed by atoms with Crippen LogP contribution in [0.5, 0.6) is 5.75 Å². The van der Waals surface area contributed by atoms with Gasteiger partial charge in [0.25, 0.3) is 5.91 Å². The molecule has 33 heavy (non-hydrogen) atoms. The summed E-state index contributed by atoms with van der Waals surface area (Å²) >= 11 is 1.57. The van der Waals surface area contributed by atoms with Crippen LogP contribution in [-0.2, 0) is 22.9 Å². The van der Waals surface area contributed by atoms with Gasteiger partial charge in [-0.05, 0) is 70.3 Å². The first-order chi connectivity index (χ1) is 15.4. The van der Waals surface area contributed by atoms with E-state index in [0.717, 1.165) is 53.6 Å². The quantitative estimate of drug-likeness (QED) is 0.482. The number of halogens is 3. The second kappa shape index (κ2) is 8.49. The number of amides is 1. The Balaban J connectivity index is 1.66. The second-order valence-corrected chi connectivity index (χ2v) is 10.7. The number of ether oxygens (including phenoxy) is 1. The average Bonchev–Trinajstić information content (AvgIpc) is 3.41. The van der Waals surface area contributed by atoms with E-state index in [-0.39, 0.29) is 29.3 Å². The molecule has 1 aliphatic heterocycles. The van der Waals surface area contributed by atoms with Gasteiger partial charge in [0.15, 0.2) is 15.9 Å². The van der Waals surface area contributed by atoms with E-state index in [9.17, 15) is 26.4 Å². The molecule has 0 spiro atoms. The van der Waals surface area contributed by atoms with Crippen molar-refractivity contribution in [3.63, 3.8) is 0 Å². The van der Waals surface area contributed by atoms with Crippen molar-refractivity contribution in [1.29, 1.82) is 0 Å². The number of nitrogens with zero attached hydrogens (tertiary/aromatic N) is 1. The van der Waals surface area contributed by atoms with Crippen molar-refractivity contribution in [1.82, 2.24) is 4.90 Å². The molecule has 1 aliphatic rings. The summed E-state index contributed by atoms with van der Waals surface area (Å²) in [6.07, 6.45) is -5.85. The van der Waals surface area contributed by atoms with Gasteiger partial charge < -0.3 is 9.64 Å². The molecule has 1 unspecified atom stereocenters. The summed E-state index contributed by atoms with van der Waals surface area (Å²) in [5, 5.41) is 3.98. The number of fused-ring (bicyclic) bond motifs is 1. The van der Waals surface area contributed by atoms with Crippen molar-refractivity contribution in [2.45, 2.75) is 37.2 Å². The number of sulfone groups is 1. The van der Waals surface area contributed by atoms with Gasteiger partial charge in [0.05, 0.1) is 10.5 Å². The predicted octanol–water partition coefficient (Wildman–Crippen LogP) is 5.30. The van der Waals surface area contributed by atoms with Crippen LogP contribution in [0.2, 0.25) is 0 Å². The number of thiophene rings is 1. The summed E-state index contributed by atoms with van der Waals surface area (Å²) < 4.78 is 68.2. The van der Waals surface area contributed by atoms with Crippen LogP contribution in [-0.4, -0.2) is 37.8 Å². The Bertz CT molecular complexity index is 1300. The fourth-order valence-corrected chi connectivity index (χ4v) is 4.90. The molecule has 0 N–H and O–H groups in total. The highest BCUT2D eigenvalue weighted by Gasteiger charge is 2.39. The van der Waals surface area contributed by atoms with Crippen molar-refractivity contribution < 1.29 is 31.1 Å². The zero-order chi connectivity index (χ0) is 24.0. The molecule has 0 saturated carbocycles. The summed E-state index contributed by atoms with van der Waals surface area (Å²) in [7, 11) is -3.69. The molecule has 1 atom stereocenters. The molecular weight excluding hydrogens is 475 g/mol. The molecular formula is C23H20F3NO4S2. The van der Waals surface area contributed by atoms with Crippen LogP contribution < -0.4 is 4.74 Å². The van der Waals surface area contributed by atoms with E-state index in [2.05, 4.69) is 0 Å². The Morgan fingerprint density at radius 1 is 1.06 bits per heavy atom. The van der Waals surface area contributed by atoms with Crippen LogP contribution in [0, 0.1) is 0 Å². The molecule has 1 aromatic heterocycles. The first kappa shape index (κ1) is 23.3. The Kier molecular flexibility index (Phi) is 6.00. The fraction of sp³-hybridized carbons (Fsp3) is 0.261. The molecule has 2 aromatic carbocycles. The molecule has 10 heteroatoms. The van der Waals surface area contributed by atoms with E-state index < -0.39 is 28.0 Å². The number of rotatable bonds is 5. The Hall–Kier alpha value is -2.85. The van der Waals surface area contributed by atoms with E-state index in [0.29, 0.717) is 0 Å². The number of carbonyl (C=O) groups is 1. The third kappa shape index (κ3) is 4.91. The van der Waals surface area contributed by atoms with E-state index in [1.807, 2.05) is 35.0 Å². The number of hydrogen-bond acceptors (Lipinski definition) is 5. The molecule has 3 aromatic rings. The van der Waals surface area contributed by atoms with Crippen LogP contribution in [0.3, 0.4) is 0 Å². The lowest BCUT2D eigenvalue weighted by Crippen LogP contribution is -2.32. The second-order valence-electron chi connectivity index (χ2n) is 7.89. The van der Waals surface area contributed by atoms with Gasteiger partial charge in [0.1, 0.15) is 5.75 Å². The monoisotopic (exact) mass is 495 g/mol. The van der Waals surface area contributed by atoms with E-state index in [4.69, 9.17) is 4.74 Å². The molecule has 1 amide bonds. The van der Waals surface area contributed by atoms with Gasteiger partial charge in [0, 0.05) is 19.3 Å². The van der Waals surface area contributed by atoms with Crippen molar-refractivity contribution in [2.24, 2.45) is 0 Å². The predicted molar refractivity (Wildman–Crippen MR) is 119 cm³/mol. The Morgan fingerprint density at radius 2 is 1.79 bits per heavy atom. The van der Waals surface area contributed by atoms with Crippen LogP contribution in [0.25, 0.3) is 11.1 Å². The van der Waals surface area contributed by atoms with Crippen LogP contribution in [0.15, 0.2) is 58.1 Å². The lowest BCUT2D eigenvalue weighted by atomic mass is 10.0. The molecule has 0 fully saturated rings. The molecule has 0 radical (unpaired) electrons. The molecule has 5 nitrogen and oxygen atoms in total. The minimum absolute atomic E-state index is 0.172. The van der Waals surface area contributed by atoms with E-state index >= 15 is 0 Å². The number of benzene rings is 2. The van der Waals surface area contributed by atoms with Gasteiger partial charge in [-0.1, -0.05) is 12.1 Å². The SMILES string of the molecule is CC(Oc1ccc(S(C)(=O)=O)cc1C(=O)N1Cc2ccc(-c3ccsc3)cc2C1)C(F)(F)F. The van der Waals surface area contributed by atoms with Crippen LogP contribution in [0.1, 0.15) is 28.4 Å². The maximum atomic E-state index is 13.3. The minimum Gasteiger partial charge on any atom is -0.480 e. The summed E-state index contributed by atoms with van der Waals surface area (Å²) in [6.45, 7) is 1.34. The normalized spacial score (nSPS) is 14.8. The van der Waals surface area contributed by atoms with E-state index in [1.165, 1.54) is 4.90 Å². The lowest BCUT2D eigenvalue weighted by molar-refractivity contribution is -0.189. The summed E-state index contributed by atoms with van der Waals surface area (Å²) in [4.78, 5) is 14.6. The van der Waals surface area contributed by atoms with Crippen molar-refractivity contribution in [2.75, 3.05) is 6.26 Å². The molecule has 0 saturated heterocycles. The minimum atomic E-state index is -4.64. The zero-order valence-corrected chi connectivity index (χ0v) is 19.4. The maximum Gasteiger partial charge on any atom is 0.425 e. The van der Waals surface area contributed by atoms with Gasteiger partial charge >= 0.3 is 6.18 Å². The highest BCUT2D eigenvalue weighted by atomic mass is 32.2. The highest BCUT2D eigenvalue weighted by Crippen LogP contribution is 2.34. The topological polar surface area (TPSA) is 63.7 Å². The van der Waals surface area contributed by atoms with Crippen molar-refractivity contribution >= 4 is 27.1 Å². The molecule has 2 heterocycles. The van der Waals surface area contributed by atoms with E-state index in [1.54, 1.807) is 11.3 Å². The standard InChI is InChI=1S/C23H20F3NO4S2/c1-14(23(24,25)26)31-21-6-5-19(33(2,29)30)10-20(21)22(28)27-11-16-4-3-15(9-18(16)12-27)17-7-8-32-13-17/h3-10,13-14H,11-12H2,1-2H3. The number of alkyl halides is 3. The number of hydrogen-bond donors (Lipinski definition) is 0. The Labute approximate surface area is 193 Å². The third-order valence-corrected chi connectivity index (χ3v) is 7.24. The zero-order valence-electron chi connectivity index (χ0n) is 17.7. The van der Waals surface area contributed by atoms with Crippen molar-refractivity contribution in [3.8, 4) is 16.9 Å². The summed E-state index contributed by atoms with van der Waals surface area (Å²) in [5.74, 6) is -0.912. The fourth-order valence-electron chi connectivity index (χ4n) is 3.58. The van der Waals surface area contributed by atoms with Gasteiger partial charge in [-0.15, -0.1) is 0 Å². The number of carbonyl (C=O) groups excluding carboxylic acids is 1. The van der Waals surface area contributed by atoms with Gasteiger partial charge in [0.2, 0.25) is 0 Å². The van der Waals surface area contributed by atoms with Gasteiger partial charge in [-0.2, -0.15) is 24.5 Å². The summed E-state index contributed by atoms with van der Waals surface area (Å²) in [6, 6.07) is 11.2. The molecule has 0 bridgehead atoms. The molecule has 4 rings (SSSR count). The average molecular weight is 496 g/mol. The van der Waals surface area contributed by atoms with Crippen LogP contribution in [0.4, 0.5) is 13.2 Å². The first-order valence-electron chi connectivity index (χ1n) is 9.94. The lowest BCUT2D eigenvalue weighted by Gasteiger charge is -2.22. The van der Waals surface area contributed by atoms with Gasteiger partial charge in [-0.3, -0.25) is 4.79 Å². The van der Waals surface area contributed by atoms with Gasteiger partial charge in [-0.25, -0.2) is 8.42 Å². The van der Waals surface area contributed by atoms with Crippen molar-refractivity contribution in [3.05, 3.63) is 69.9 Å². The molecule has 174 valence electrons. The largest absolute Gasteiger partial charge is 0.480 e. The third-order valence-electron chi connectivity index (χ3n) is 5.44. The highest BCUT2D eigenvalue weighted by molar-refractivity contribution is 7.90. The molecule has 0 aliphatic carbocycles. The van der Waals surface area contributed by atoms with Crippen LogP contribution >= 0.6 is 11.3 Å². The Morgan fingerprint density at radius 3 is 2.42 bits per heavy atom.